The third-order valence-electron chi connectivity index (χ3n) is 2.92. The molecule has 0 saturated carbocycles. The lowest BCUT2D eigenvalue weighted by molar-refractivity contribution is 0.891. The van der Waals surface area contributed by atoms with Crippen molar-refractivity contribution < 1.29 is 0 Å². The van der Waals surface area contributed by atoms with Gasteiger partial charge in [-0.2, -0.15) is 9.47 Å². The molecule has 0 aromatic carbocycles. The van der Waals surface area contributed by atoms with E-state index in [0.29, 0.717) is 5.82 Å². The molecular formula is C12H14N6S2. The molecule has 0 radical (unpaired) electrons. The van der Waals surface area contributed by atoms with Crippen LogP contribution in [0.2, 0.25) is 0 Å². The summed E-state index contributed by atoms with van der Waals surface area (Å²) >= 11 is 2.93. The number of aromatic nitrogens is 4. The van der Waals surface area contributed by atoms with Crippen molar-refractivity contribution in [2.75, 3.05) is 11.1 Å². The predicted molar refractivity (Wildman–Crippen MR) is 83.0 cm³/mol. The van der Waals surface area contributed by atoms with Gasteiger partial charge in [-0.25, -0.2) is 4.98 Å². The number of nitrogens with one attached hydrogen (secondary N) is 2. The fraction of sp³-hybridized carbons (Fsp3) is 0.250. The molecule has 0 aliphatic heterocycles. The fourth-order valence-electron chi connectivity index (χ4n) is 1.85. The normalized spacial score (nSPS) is 12.5. The number of aromatic amines is 1. The van der Waals surface area contributed by atoms with E-state index < -0.39 is 0 Å². The zero-order valence-corrected chi connectivity index (χ0v) is 12.7. The van der Waals surface area contributed by atoms with Gasteiger partial charge in [0.2, 0.25) is 0 Å². The highest BCUT2D eigenvalue weighted by atomic mass is 32.1. The van der Waals surface area contributed by atoms with Crippen LogP contribution in [-0.2, 0) is 0 Å². The molecule has 3 heterocycles. The Balaban J connectivity index is 1.91. The summed E-state index contributed by atoms with van der Waals surface area (Å²) < 4.78 is 4.24. The average Bonchev–Trinajstić information content (AvgIpc) is 3.11. The van der Waals surface area contributed by atoms with Crippen LogP contribution in [0.4, 0.5) is 10.8 Å². The van der Waals surface area contributed by atoms with Gasteiger partial charge in [-0.05, 0) is 25.4 Å². The molecule has 0 spiro atoms. The summed E-state index contributed by atoms with van der Waals surface area (Å²) in [6, 6.07) is 0.119. The van der Waals surface area contributed by atoms with Crippen LogP contribution in [0.3, 0.4) is 0 Å². The molecule has 1 unspecified atom stereocenters. The maximum absolute atomic E-state index is 5.98. The number of rotatable bonds is 4. The minimum atomic E-state index is 0.119. The SMILES string of the molecule is Cc1csc(-c2c(N)nsc2NC(C)c2cn[nH]c2)n1. The quantitative estimate of drug-likeness (QED) is 0.689. The Morgan fingerprint density at radius 3 is 2.95 bits per heavy atom. The van der Waals surface area contributed by atoms with Gasteiger partial charge in [0.1, 0.15) is 15.8 Å². The summed E-state index contributed by atoms with van der Waals surface area (Å²) in [6.07, 6.45) is 3.67. The lowest BCUT2D eigenvalue weighted by Gasteiger charge is -2.12. The molecule has 6 nitrogen and oxygen atoms in total. The molecule has 0 fully saturated rings. The molecule has 3 aromatic rings. The number of nitrogen functional groups attached to an aromatic ring is 1. The molecule has 104 valence electrons. The lowest BCUT2D eigenvalue weighted by atomic mass is 10.2. The first-order valence-corrected chi connectivity index (χ1v) is 7.73. The third-order valence-corrected chi connectivity index (χ3v) is 4.69. The van der Waals surface area contributed by atoms with Crippen molar-refractivity contribution >= 4 is 33.7 Å². The van der Waals surface area contributed by atoms with Crippen LogP contribution >= 0.6 is 22.9 Å². The molecule has 0 aliphatic carbocycles. The molecule has 0 saturated heterocycles. The molecule has 8 heteroatoms. The van der Waals surface area contributed by atoms with Crippen molar-refractivity contribution in [2.24, 2.45) is 0 Å². The highest BCUT2D eigenvalue weighted by molar-refractivity contribution is 7.15. The second kappa shape index (κ2) is 5.22. The molecule has 20 heavy (non-hydrogen) atoms. The first kappa shape index (κ1) is 13.1. The maximum atomic E-state index is 5.98. The van der Waals surface area contributed by atoms with Crippen molar-refractivity contribution in [1.29, 1.82) is 0 Å². The number of hydrogen-bond donors (Lipinski definition) is 3. The van der Waals surface area contributed by atoms with Gasteiger partial charge in [-0.3, -0.25) is 5.10 Å². The van der Waals surface area contributed by atoms with Crippen LogP contribution in [0.25, 0.3) is 10.6 Å². The first-order valence-electron chi connectivity index (χ1n) is 6.08. The largest absolute Gasteiger partial charge is 0.382 e. The lowest BCUT2D eigenvalue weighted by Crippen LogP contribution is -2.05. The van der Waals surface area contributed by atoms with E-state index in [9.17, 15) is 0 Å². The standard InChI is InChI=1S/C12H14N6S2/c1-6-5-19-11(16-6)9-10(13)18-20-12(9)17-7(2)8-3-14-15-4-8/h3-5,7,17H,1-2H3,(H2,13,18)(H,14,15). The summed E-state index contributed by atoms with van der Waals surface area (Å²) in [4.78, 5) is 4.49. The number of hydrogen-bond acceptors (Lipinski definition) is 7. The second-order valence-electron chi connectivity index (χ2n) is 4.46. The van der Waals surface area contributed by atoms with Gasteiger partial charge >= 0.3 is 0 Å². The molecule has 1 atom stereocenters. The Morgan fingerprint density at radius 2 is 2.30 bits per heavy atom. The van der Waals surface area contributed by atoms with E-state index in [1.165, 1.54) is 11.5 Å². The van der Waals surface area contributed by atoms with E-state index in [1.54, 1.807) is 17.5 Å². The molecular weight excluding hydrogens is 292 g/mol. The van der Waals surface area contributed by atoms with E-state index in [0.717, 1.165) is 26.8 Å². The summed E-state index contributed by atoms with van der Waals surface area (Å²) in [6.45, 7) is 4.04. The van der Waals surface area contributed by atoms with E-state index >= 15 is 0 Å². The van der Waals surface area contributed by atoms with E-state index in [-0.39, 0.29) is 6.04 Å². The van der Waals surface area contributed by atoms with Crippen molar-refractivity contribution in [2.45, 2.75) is 19.9 Å². The predicted octanol–water partition coefficient (Wildman–Crippen LogP) is 3.05. The van der Waals surface area contributed by atoms with Crippen LogP contribution in [0.5, 0.6) is 0 Å². The van der Waals surface area contributed by atoms with Crippen LogP contribution in [-0.4, -0.2) is 19.6 Å². The fourth-order valence-corrected chi connectivity index (χ4v) is 3.58. The molecule has 3 rings (SSSR count). The third kappa shape index (κ3) is 2.39. The van der Waals surface area contributed by atoms with Crippen LogP contribution in [0.1, 0.15) is 24.2 Å². The zero-order valence-electron chi connectivity index (χ0n) is 11.0. The van der Waals surface area contributed by atoms with E-state index in [2.05, 4.69) is 31.8 Å². The van der Waals surface area contributed by atoms with Crippen molar-refractivity contribution in [3.05, 3.63) is 29.0 Å². The van der Waals surface area contributed by atoms with Crippen molar-refractivity contribution in [3.8, 4) is 10.6 Å². The number of aryl methyl sites for hydroxylation is 1. The Hall–Kier alpha value is -1.93. The number of H-pyrrole nitrogens is 1. The smallest absolute Gasteiger partial charge is 0.149 e. The molecule has 0 aliphatic rings. The molecule has 0 bridgehead atoms. The van der Waals surface area contributed by atoms with Crippen LogP contribution in [0, 0.1) is 6.92 Å². The Morgan fingerprint density at radius 1 is 1.45 bits per heavy atom. The summed E-state index contributed by atoms with van der Waals surface area (Å²) in [5.41, 5.74) is 8.95. The minimum absolute atomic E-state index is 0.119. The Bertz CT molecular complexity index is 699. The second-order valence-corrected chi connectivity index (χ2v) is 6.10. The number of anilines is 2. The van der Waals surface area contributed by atoms with Gasteiger partial charge in [-0.1, -0.05) is 0 Å². The van der Waals surface area contributed by atoms with Crippen molar-refractivity contribution in [3.63, 3.8) is 0 Å². The number of nitrogens with two attached hydrogens (primary N) is 1. The van der Waals surface area contributed by atoms with Crippen molar-refractivity contribution in [1.82, 2.24) is 19.6 Å². The van der Waals surface area contributed by atoms with E-state index in [4.69, 9.17) is 5.73 Å². The monoisotopic (exact) mass is 306 g/mol. The van der Waals surface area contributed by atoms with Crippen LogP contribution < -0.4 is 11.1 Å². The molecule has 3 aromatic heterocycles. The van der Waals surface area contributed by atoms with Gasteiger partial charge in [0.25, 0.3) is 0 Å². The van der Waals surface area contributed by atoms with Gasteiger partial charge in [-0.15, -0.1) is 11.3 Å². The zero-order chi connectivity index (χ0) is 14.1. The summed E-state index contributed by atoms with van der Waals surface area (Å²) in [5, 5.41) is 14.0. The highest BCUT2D eigenvalue weighted by Crippen LogP contribution is 2.39. The Labute approximate surface area is 124 Å². The summed E-state index contributed by atoms with van der Waals surface area (Å²) in [5.74, 6) is 0.520. The van der Waals surface area contributed by atoms with Gasteiger partial charge in [0.15, 0.2) is 0 Å². The average molecular weight is 306 g/mol. The molecule has 4 N–H and O–H groups in total. The van der Waals surface area contributed by atoms with Gasteiger partial charge < -0.3 is 11.1 Å². The number of thiazole rings is 1. The van der Waals surface area contributed by atoms with Crippen LogP contribution in [0.15, 0.2) is 17.8 Å². The first-order chi connectivity index (χ1) is 9.65. The summed E-state index contributed by atoms with van der Waals surface area (Å²) in [7, 11) is 0. The van der Waals surface area contributed by atoms with Gasteiger partial charge in [0, 0.05) is 22.8 Å². The van der Waals surface area contributed by atoms with E-state index in [1.807, 2.05) is 18.5 Å². The highest BCUT2D eigenvalue weighted by Gasteiger charge is 2.18. The Kier molecular flexibility index (Phi) is 3.41. The maximum Gasteiger partial charge on any atom is 0.149 e. The minimum Gasteiger partial charge on any atom is -0.382 e. The van der Waals surface area contributed by atoms with Gasteiger partial charge in [0.05, 0.1) is 17.8 Å². The topological polar surface area (TPSA) is 92.5 Å². The molecule has 0 amide bonds. The number of nitrogens with zero attached hydrogens (tertiary/aromatic N) is 3.